The summed E-state index contributed by atoms with van der Waals surface area (Å²) in [7, 11) is -3.70. The summed E-state index contributed by atoms with van der Waals surface area (Å²) in [5, 5.41) is 4.28. The van der Waals surface area contributed by atoms with Crippen molar-refractivity contribution >= 4 is 38.3 Å². The number of hydrogen-bond acceptors (Lipinski definition) is 4. The van der Waals surface area contributed by atoms with Crippen LogP contribution < -0.4 is 9.62 Å². The fourth-order valence-electron chi connectivity index (χ4n) is 4.41. The molecule has 1 unspecified atom stereocenters. The highest BCUT2D eigenvalue weighted by atomic mass is 32.2. The van der Waals surface area contributed by atoms with Gasteiger partial charge in [-0.25, -0.2) is 12.8 Å². The summed E-state index contributed by atoms with van der Waals surface area (Å²) in [5.41, 5.74) is 1.31. The predicted molar refractivity (Wildman–Crippen MR) is 133 cm³/mol. The van der Waals surface area contributed by atoms with Crippen molar-refractivity contribution in [3.8, 4) is 0 Å². The van der Waals surface area contributed by atoms with E-state index in [1.807, 2.05) is 18.2 Å². The number of carbonyl (C=O) groups is 2. The minimum Gasteiger partial charge on any atom is -0.355 e. The molecule has 184 valence electrons. The molecule has 0 fully saturated rings. The standard InChI is InChI=1S/C26H28FN3O4S/c1-3-28-26(32)18(2)29(17-19-12-14-21(27)15-13-19)24(31)11-6-16-30-22-9-4-7-20-8-5-10-23(25(20)22)35(30,33)34/h4-5,7-10,12-15,18H,3,6,11,16-17H2,1-2H3,(H,28,32). The van der Waals surface area contributed by atoms with Gasteiger partial charge < -0.3 is 10.2 Å². The predicted octanol–water partition coefficient (Wildman–Crippen LogP) is 3.82. The SMILES string of the molecule is CCNC(=O)C(C)N(Cc1ccc(F)cc1)C(=O)CCCN1c2cccc3cccc(c23)S1(=O)=O. The molecule has 2 amide bonds. The number of carbonyl (C=O) groups excluding carboxylic acids is 2. The highest BCUT2D eigenvalue weighted by Gasteiger charge is 2.35. The second kappa shape index (κ2) is 10.0. The molecule has 0 saturated carbocycles. The molecule has 1 atom stereocenters. The van der Waals surface area contributed by atoms with Gasteiger partial charge in [-0.3, -0.25) is 13.9 Å². The maximum atomic E-state index is 13.3. The topological polar surface area (TPSA) is 86.8 Å². The second-order valence-electron chi connectivity index (χ2n) is 8.53. The van der Waals surface area contributed by atoms with Crippen molar-refractivity contribution in [2.24, 2.45) is 0 Å². The zero-order valence-electron chi connectivity index (χ0n) is 19.7. The molecule has 9 heteroatoms. The van der Waals surface area contributed by atoms with E-state index in [1.54, 1.807) is 44.2 Å². The zero-order valence-corrected chi connectivity index (χ0v) is 20.5. The van der Waals surface area contributed by atoms with E-state index in [2.05, 4.69) is 5.32 Å². The van der Waals surface area contributed by atoms with Crippen LogP contribution in [0, 0.1) is 5.82 Å². The van der Waals surface area contributed by atoms with E-state index in [4.69, 9.17) is 0 Å². The molecule has 0 radical (unpaired) electrons. The maximum absolute atomic E-state index is 13.3. The van der Waals surface area contributed by atoms with Gasteiger partial charge in [0, 0.05) is 31.4 Å². The molecular formula is C26H28FN3O4S. The Balaban J connectivity index is 1.49. The molecule has 7 nitrogen and oxygen atoms in total. The maximum Gasteiger partial charge on any atom is 0.265 e. The van der Waals surface area contributed by atoms with Crippen LogP contribution in [0.4, 0.5) is 10.1 Å². The van der Waals surface area contributed by atoms with Crippen molar-refractivity contribution in [2.45, 2.75) is 44.2 Å². The number of sulfonamides is 1. The van der Waals surface area contributed by atoms with Crippen LogP contribution in [0.25, 0.3) is 10.8 Å². The van der Waals surface area contributed by atoms with E-state index >= 15 is 0 Å². The molecule has 1 N–H and O–H groups in total. The van der Waals surface area contributed by atoms with Gasteiger partial charge in [0.25, 0.3) is 10.0 Å². The lowest BCUT2D eigenvalue weighted by Crippen LogP contribution is -2.47. The normalized spacial score (nSPS) is 14.7. The van der Waals surface area contributed by atoms with Gasteiger partial charge in [0.15, 0.2) is 0 Å². The van der Waals surface area contributed by atoms with Gasteiger partial charge >= 0.3 is 0 Å². The summed E-state index contributed by atoms with van der Waals surface area (Å²) in [5.74, 6) is -0.946. The number of anilines is 1. The smallest absolute Gasteiger partial charge is 0.265 e. The molecule has 0 aliphatic carbocycles. The quantitative estimate of drug-likeness (QED) is 0.487. The van der Waals surface area contributed by atoms with E-state index in [0.29, 0.717) is 23.2 Å². The largest absolute Gasteiger partial charge is 0.355 e. The van der Waals surface area contributed by atoms with Gasteiger partial charge in [-0.05, 0) is 55.5 Å². The van der Waals surface area contributed by atoms with Crippen LogP contribution in [0.15, 0.2) is 65.6 Å². The Kier molecular flexibility index (Phi) is 7.07. The molecule has 0 saturated heterocycles. The van der Waals surface area contributed by atoms with Crippen molar-refractivity contribution in [1.29, 1.82) is 0 Å². The molecule has 0 spiro atoms. The third kappa shape index (κ3) is 4.86. The van der Waals surface area contributed by atoms with Gasteiger partial charge in [-0.2, -0.15) is 0 Å². The van der Waals surface area contributed by atoms with Gasteiger partial charge in [0.05, 0.1) is 10.6 Å². The first-order valence-electron chi connectivity index (χ1n) is 11.6. The Bertz CT molecular complexity index is 1350. The van der Waals surface area contributed by atoms with E-state index in [1.165, 1.54) is 21.3 Å². The average Bonchev–Trinajstić information content (AvgIpc) is 3.06. The van der Waals surface area contributed by atoms with Crippen molar-refractivity contribution < 1.29 is 22.4 Å². The Morgan fingerprint density at radius 1 is 1.06 bits per heavy atom. The fraction of sp³-hybridized carbons (Fsp3) is 0.308. The van der Waals surface area contributed by atoms with E-state index < -0.39 is 16.1 Å². The first-order chi connectivity index (χ1) is 16.7. The Morgan fingerprint density at radius 2 is 1.74 bits per heavy atom. The van der Waals surface area contributed by atoms with Crippen LogP contribution in [0.2, 0.25) is 0 Å². The fourth-order valence-corrected chi connectivity index (χ4v) is 6.16. The minimum atomic E-state index is -3.70. The summed E-state index contributed by atoms with van der Waals surface area (Å²) in [4.78, 5) is 27.4. The Morgan fingerprint density at radius 3 is 2.43 bits per heavy atom. The number of rotatable bonds is 9. The van der Waals surface area contributed by atoms with E-state index in [-0.39, 0.29) is 48.5 Å². The zero-order chi connectivity index (χ0) is 25.2. The molecule has 0 aromatic heterocycles. The van der Waals surface area contributed by atoms with Crippen LogP contribution in [0.1, 0.15) is 32.3 Å². The molecule has 35 heavy (non-hydrogen) atoms. The molecular weight excluding hydrogens is 469 g/mol. The summed E-state index contributed by atoms with van der Waals surface area (Å²) in [6.45, 7) is 4.16. The van der Waals surface area contributed by atoms with E-state index in [9.17, 15) is 22.4 Å². The van der Waals surface area contributed by atoms with Crippen LogP contribution in [-0.2, 0) is 26.2 Å². The van der Waals surface area contributed by atoms with E-state index in [0.717, 1.165) is 5.39 Å². The number of nitrogens with one attached hydrogen (secondary N) is 1. The van der Waals surface area contributed by atoms with Gasteiger partial charge in [-0.1, -0.05) is 36.4 Å². The molecule has 0 bridgehead atoms. The minimum absolute atomic E-state index is 0.0588. The molecule has 3 aromatic carbocycles. The van der Waals surface area contributed by atoms with Gasteiger partial charge in [-0.15, -0.1) is 0 Å². The van der Waals surface area contributed by atoms with Crippen LogP contribution in [0.5, 0.6) is 0 Å². The molecule has 1 heterocycles. The highest BCUT2D eigenvalue weighted by molar-refractivity contribution is 7.93. The number of nitrogens with zero attached hydrogens (tertiary/aromatic N) is 2. The summed E-state index contributed by atoms with van der Waals surface area (Å²) in [6, 6.07) is 15.7. The van der Waals surface area contributed by atoms with Crippen molar-refractivity contribution in [3.05, 3.63) is 72.0 Å². The van der Waals surface area contributed by atoms with Crippen LogP contribution in [0.3, 0.4) is 0 Å². The average molecular weight is 498 g/mol. The second-order valence-corrected chi connectivity index (χ2v) is 10.4. The third-order valence-corrected chi connectivity index (χ3v) is 8.07. The number of amides is 2. The lowest BCUT2D eigenvalue weighted by Gasteiger charge is -2.29. The molecule has 3 aromatic rings. The Labute approximate surface area is 204 Å². The van der Waals surface area contributed by atoms with Crippen LogP contribution in [-0.4, -0.2) is 44.3 Å². The van der Waals surface area contributed by atoms with Gasteiger partial charge in [0.2, 0.25) is 11.8 Å². The first-order valence-corrected chi connectivity index (χ1v) is 13.0. The Hall–Kier alpha value is -3.46. The highest BCUT2D eigenvalue weighted by Crippen LogP contribution is 2.42. The summed E-state index contributed by atoms with van der Waals surface area (Å²) >= 11 is 0. The molecule has 1 aliphatic rings. The molecule has 4 rings (SSSR count). The van der Waals surface area contributed by atoms with Crippen LogP contribution >= 0.6 is 0 Å². The lowest BCUT2D eigenvalue weighted by atomic mass is 10.1. The first kappa shape index (κ1) is 24.7. The number of benzene rings is 3. The summed E-state index contributed by atoms with van der Waals surface area (Å²) in [6.07, 6.45) is 0.341. The lowest BCUT2D eigenvalue weighted by molar-refractivity contribution is -0.140. The summed E-state index contributed by atoms with van der Waals surface area (Å²) < 4.78 is 41.0. The van der Waals surface area contributed by atoms with Crippen molar-refractivity contribution in [1.82, 2.24) is 10.2 Å². The van der Waals surface area contributed by atoms with Gasteiger partial charge in [0.1, 0.15) is 11.9 Å². The molecule has 1 aliphatic heterocycles. The van der Waals surface area contributed by atoms with Crippen molar-refractivity contribution in [2.75, 3.05) is 17.4 Å². The monoisotopic (exact) mass is 497 g/mol. The third-order valence-electron chi connectivity index (χ3n) is 6.22. The van der Waals surface area contributed by atoms with Crippen molar-refractivity contribution in [3.63, 3.8) is 0 Å². The number of halogens is 1. The number of likely N-dealkylation sites (N-methyl/N-ethyl adjacent to an activating group) is 1. The number of hydrogen-bond donors (Lipinski definition) is 1.